The second kappa shape index (κ2) is 9.07. The van der Waals surface area contributed by atoms with E-state index >= 15 is 0 Å². The molecule has 6 nitrogen and oxygen atoms in total. The number of hydrogen-bond donors (Lipinski definition) is 1. The lowest BCUT2D eigenvalue weighted by atomic mass is 10.0. The first-order chi connectivity index (χ1) is 13.2. The Balaban J connectivity index is 1.51. The average molecular weight is 369 g/mol. The monoisotopic (exact) mass is 369 g/mol. The molecule has 3 rings (SSSR count). The number of carbonyl (C=O) groups is 2. The summed E-state index contributed by atoms with van der Waals surface area (Å²) in [5.41, 5.74) is 2.22. The quantitative estimate of drug-likeness (QED) is 0.684. The number of methoxy groups -OCH3 is 1. The molecule has 1 heterocycles. The van der Waals surface area contributed by atoms with E-state index in [1.165, 1.54) is 0 Å². The summed E-state index contributed by atoms with van der Waals surface area (Å²) in [7, 11) is 1.62. The van der Waals surface area contributed by atoms with Gasteiger partial charge in [-0.25, -0.2) is 4.79 Å². The Kier molecular flexibility index (Phi) is 6.30. The summed E-state index contributed by atoms with van der Waals surface area (Å²) in [5.74, 6) is 1.06. The van der Waals surface area contributed by atoms with Crippen molar-refractivity contribution >= 4 is 12.0 Å². The van der Waals surface area contributed by atoms with Crippen molar-refractivity contribution in [3.8, 4) is 11.5 Å². The Morgan fingerprint density at radius 1 is 1.00 bits per heavy atom. The molecule has 2 aromatic rings. The second-order valence-corrected chi connectivity index (χ2v) is 6.39. The molecular weight excluding hydrogens is 346 g/mol. The largest absolute Gasteiger partial charge is 0.493 e. The summed E-state index contributed by atoms with van der Waals surface area (Å²) in [6.45, 7) is 0.475. The average Bonchev–Trinajstić information content (AvgIpc) is 3.01. The molecule has 1 fully saturated rings. The molecule has 1 N–H and O–H groups in total. The molecule has 1 aliphatic rings. The maximum Gasteiger partial charge on any atom is 0.414 e. The summed E-state index contributed by atoms with van der Waals surface area (Å²) in [6.07, 6.45) is 1.74. The molecule has 6 heteroatoms. The number of alkyl carbamates (subject to hydrolysis) is 1. The molecule has 0 aromatic heterocycles. The van der Waals surface area contributed by atoms with Crippen LogP contribution in [0.1, 0.15) is 30.4 Å². The molecule has 0 bridgehead atoms. The number of amides is 2. The number of imide groups is 1. The number of hydrogen-bond acceptors (Lipinski definition) is 5. The molecule has 1 aliphatic heterocycles. The van der Waals surface area contributed by atoms with Gasteiger partial charge in [-0.1, -0.05) is 36.4 Å². The van der Waals surface area contributed by atoms with Gasteiger partial charge >= 0.3 is 6.09 Å². The van der Waals surface area contributed by atoms with Gasteiger partial charge in [0.2, 0.25) is 0 Å². The van der Waals surface area contributed by atoms with E-state index < -0.39 is 12.2 Å². The van der Waals surface area contributed by atoms with Crippen LogP contribution in [-0.2, 0) is 22.6 Å². The lowest BCUT2D eigenvalue weighted by Crippen LogP contribution is -2.24. The number of cyclic esters (lactones) is 1. The third kappa shape index (κ3) is 5.23. The highest BCUT2D eigenvalue weighted by Crippen LogP contribution is 2.29. The van der Waals surface area contributed by atoms with Crippen LogP contribution in [0.15, 0.2) is 48.5 Å². The van der Waals surface area contributed by atoms with Gasteiger partial charge in [-0.3, -0.25) is 10.1 Å². The Hall–Kier alpha value is -3.02. The molecular formula is C21H23NO5. The van der Waals surface area contributed by atoms with Crippen molar-refractivity contribution in [1.29, 1.82) is 0 Å². The van der Waals surface area contributed by atoms with Crippen LogP contribution in [0.4, 0.5) is 4.79 Å². The smallest absolute Gasteiger partial charge is 0.414 e. The molecule has 0 radical (unpaired) electrons. The van der Waals surface area contributed by atoms with E-state index in [0.717, 1.165) is 30.4 Å². The number of rotatable bonds is 9. The summed E-state index contributed by atoms with van der Waals surface area (Å²) >= 11 is 0. The van der Waals surface area contributed by atoms with Gasteiger partial charge in [-0.05, 0) is 48.9 Å². The zero-order valence-corrected chi connectivity index (χ0v) is 15.3. The van der Waals surface area contributed by atoms with Crippen molar-refractivity contribution < 1.29 is 23.8 Å². The maximum absolute atomic E-state index is 11.5. The number of benzene rings is 2. The third-order valence-corrected chi connectivity index (χ3v) is 4.41. The number of aryl methyl sites for hydroxylation is 1. The topological polar surface area (TPSA) is 73.9 Å². The van der Waals surface area contributed by atoms with Gasteiger partial charge in [0.05, 0.1) is 7.11 Å². The highest BCUT2D eigenvalue weighted by Gasteiger charge is 2.31. The standard InChI is InChI=1S/C21H23NO5/c1-25-17-12-11-15(7-5-6-10-18-20(23)22-21(24)27-18)13-19(17)26-14-16-8-3-2-4-9-16/h2-4,8-9,11-13,18H,5-7,10,14H2,1H3,(H,22,23,24). The fourth-order valence-electron chi connectivity index (χ4n) is 2.97. The summed E-state index contributed by atoms with van der Waals surface area (Å²) < 4.78 is 16.2. The SMILES string of the molecule is COc1ccc(CCCCC2OC(=O)NC2=O)cc1OCc1ccccc1. The van der Waals surface area contributed by atoms with Gasteiger partial charge in [-0.2, -0.15) is 0 Å². The molecule has 1 saturated heterocycles. The second-order valence-electron chi connectivity index (χ2n) is 6.39. The minimum atomic E-state index is -0.655. The number of nitrogens with one attached hydrogen (secondary N) is 1. The van der Waals surface area contributed by atoms with Crippen molar-refractivity contribution in [2.45, 2.75) is 38.4 Å². The molecule has 2 aromatic carbocycles. The van der Waals surface area contributed by atoms with Crippen LogP contribution in [0, 0.1) is 0 Å². The molecule has 0 spiro atoms. The Morgan fingerprint density at radius 2 is 1.81 bits per heavy atom. The number of unbranched alkanes of at least 4 members (excludes halogenated alkanes) is 1. The number of carbonyl (C=O) groups excluding carboxylic acids is 2. The molecule has 0 aliphatic carbocycles. The van der Waals surface area contributed by atoms with Crippen molar-refractivity contribution in [3.05, 3.63) is 59.7 Å². The van der Waals surface area contributed by atoms with E-state index in [-0.39, 0.29) is 5.91 Å². The predicted octanol–water partition coefficient (Wildman–Crippen LogP) is 3.62. The summed E-state index contributed by atoms with van der Waals surface area (Å²) in [4.78, 5) is 22.5. The zero-order chi connectivity index (χ0) is 19.1. The van der Waals surface area contributed by atoms with Gasteiger partial charge in [0.1, 0.15) is 6.61 Å². The number of ether oxygens (including phenoxy) is 3. The first-order valence-electron chi connectivity index (χ1n) is 9.01. The van der Waals surface area contributed by atoms with E-state index in [1.807, 2.05) is 48.5 Å². The van der Waals surface area contributed by atoms with Gasteiger partial charge in [0.15, 0.2) is 17.6 Å². The minimum Gasteiger partial charge on any atom is -0.493 e. The maximum atomic E-state index is 11.5. The summed E-state index contributed by atoms with van der Waals surface area (Å²) in [5, 5.41) is 2.14. The normalized spacial score (nSPS) is 16.0. The minimum absolute atomic E-state index is 0.346. The first-order valence-corrected chi connectivity index (χ1v) is 9.01. The molecule has 142 valence electrons. The molecule has 27 heavy (non-hydrogen) atoms. The van der Waals surface area contributed by atoms with Crippen LogP contribution in [0.25, 0.3) is 0 Å². The van der Waals surface area contributed by atoms with E-state index in [2.05, 4.69) is 5.32 Å². The lowest BCUT2D eigenvalue weighted by Gasteiger charge is -2.13. The van der Waals surface area contributed by atoms with Crippen molar-refractivity contribution in [3.63, 3.8) is 0 Å². The fraction of sp³-hybridized carbons (Fsp3) is 0.333. The van der Waals surface area contributed by atoms with Gasteiger partial charge in [0.25, 0.3) is 5.91 Å². The van der Waals surface area contributed by atoms with Crippen LogP contribution >= 0.6 is 0 Å². The third-order valence-electron chi connectivity index (χ3n) is 4.41. The van der Waals surface area contributed by atoms with Crippen LogP contribution < -0.4 is 14.8 Å². The van der Waals surface area contributed by atoms with Crippen molar-refractivity contribution in [2.75, 3.05) is 7.11 Å². The summed E-state index contributed by atoms with van der Waals surface area (Å²) in [6, 6.07) is 15.9. The van der Waals surface area contributed by atoms with Gasteiger partial charge in [0, 0.05) is 0 Å². The van der Waals surface area contributed by atoms with Crippen LogP contribution in [0.5, 0.6) is 11.5 Å². The first kappa shape index (κ1) is 18.8. The van der Waals surface area contributed by atoms with E-state index in [0.29, 0.717) is 24.5 Å². The van der Waals surface area contributed by atoms with E-state index in [1.54, 1.807) is 7.11 Å². The molecule has 1 unspecified atom stereocenters. The predicted molar refractivity (Wildman–Crippen MR) is 99.7 cm³/mol. The zero-order valence-electron chi connectivity index (χ0n) is 15.3. The Morgan fingerprint density at radius 3 is 2.52 bits per heavy atom. The Bertz CT molecular complexity index is 790. The molecule has 1 atom stereocenters. The van der Waals surface area contributed by atoms with Crippen molar-refractivity contribution in [1.82, 2.24) is 5.32 Å². The lowest BCUT2D eigenvalue weighted by molar-refractivity contribution is -0.123. The van der Waals surface area contributed by atoms with E-state index in [4.69, 9.17) is 14.2 Å². The molecule has 2 amide bonds. The molecule has 0 saturated carbocycles. The van der Waals surface area contributed by atoms with Crippen LogP contribution in [0.3, 0.4) is 0 Å². The highest BCUT2D eigenvalue weighted by molar-refractivity contribution is 5.99. The van der Waals surface area contributed by atoms with Gasteiger partial charge in [-0.15, -0.1) is 0 Å². The highest BCUT2D eigenvalue weighted by atomic mass is 16.6. The van der Waals surface area contributed by atoms with Crippen molar-refractivity contribution in [2.24, 2.45) is 0 Å². The Labute approximate surface area is 158 Å². The van der Waals surface area contributed by atoms with Crippen LogP contribution in [0.2, 0.25) is 0 Å². The fourth-order valence-corrected chi connectivity index (χ4v) is 2.97. The van der Waals surface area contributed by atoms with Gasteiger partial charge < -0.3 is 14.2 Å². The van der Waals surface area contributed by atoms with Crippen LogP contribution in [-0.4, -0.2) is 25.2 Å². The van der Waals surface area contributed by atoms with E-state index in [9.17, 15) is 9.59 Å².